The maximum atomic E-state index is 12.1. The second-order valence-electron chi connectivity index (χ2n) is 6.64. The van der Waals surface area contributed by atoms with Gasteiger partial charge in [0, 0.05) is 12.5 Å². The van der Waals surface area contributed by atoms with E-state index in [0.29, 0.717) is 18.2 Å². The molecule has 0 aliphatic carbocycles. The van der Waals surface area contributed by atoms with E-state index < -0.39 is 0 Å². The van der Waals surface area contributed by atoms with Crippen molar-refractivity contribution in [3.8, 4) is 5.75 Å². The molecule has 138 valence electrons. The van der Waals surface area contributed by atoms with E-state index in [1.54, 1.807) is 24.3 Å². The third-order valence-corrected chi connectivity index (χ3v) is 4.22. The molecule has 0 aromatic heterocycles. The molecule has 0 spiro atoms. The Kier molecular flexibility index (Phi) is 7.21. The van der Waals surface area contributed by atoms with Gasteiger partial charge in [-0.3, -0.25) is 9.59 Å². The second kappa shape index (κ2) is 9.61. The molecule has 0 fully saturated rings. The van der Waals surface area contributed by atoms with Gasteiger partial charge < -0.3 is 15.8 Å². The van der Waals surface area contributed by atoms with Crippen LogP contribution in [0.15, 0.2) is 54.6 Å². The number of amides is 2. The number of rotatable bonds is 9. The minimum atomic E-state index is -0.379. The van der Waals surface area contributed by atoms with E-state index in [4.69, 9.17) is 10.5 Å². The van der Waals surface area contributed by atoms with Crippen LogP contribution in [0.4, 0.5) is 0 Å². The zero-order valence-electron chi connectivity index (χ0n) is 15.3. The van der Waals surface area contributed by atoms with Gasteiger partial charge in [0.15, 0.2) is 6.61 Å². The van der Waals surface area contributed by atoms with Gasteiger partial charge in [-0.1, -0.05) is 56.3 Å². The highest BCUT2D eigenvalue weighted by Crippen LogP contribution is 2.23. The molecule has 2 aromatic rings. The summed E-state index contributed by atoms with van der Waals surface area (Å²) >= 11 is 0. The molecule has 0 saturated carbocycles. The number of benzene rings is 2. The summed E-state index contributed by atoms with van der Waals surface area (Å²) in [4.78, 5) is 23.0. The van der Waals surface area contributed by atoms with Crippen LogP contribution in [0.3, 0.4) is 0 Å². The van der Waals surface area contributed by atoms with Gasteiger partial charge in [-0.15, -0.1) is 0 Å². The van der Waals surface area contributed by atoms with Crippen molar-refractivity contribution in [1.29, 1.82) is 0 Å². The summed E-state index contributed by atoms with van der Waals surface area (Å²) in [5, 5.41) is 2.95. The summed E-state index contributed by atoms with van der Waals surface area (Å²) in [6.45, 7) is 4.82. The molecule has 2 aromatic carbocycles. The summed E-state index contributed by atoms with van der Waals surface area (Å²) in [7, 11) is 0. The quantitative estimate of drug-likeness (QED) is 0.726. The average Bonchev–Trinajstić information content (AvgIpc) is 2.61. The highest BCUT2D eigenvalue weighted by atomic mass is 16.5. The standard InChI is InChI=1S/C21H26N2O3/c1-15(2)19(17-6-4-3-5-7-17)13-23-21(25)14-26-18-10-8-16(9-11-18)12-20(22)24/h3-11,15,19H,12-14H2,1-2H3,(H2,22,24)(H,23,25). The number of primary amides is 1. The highest BCUT2D eigenvalue weighted by Gasteiger charge is 2.16. The molecule has 1 atom stereocenters. The summed E-state index contributed by atoms with van der Waals surface area (Å²) in [5.74, 6) is 0.713. The van der Waals surface area contributed by atoms with Gasteiger partial charge in [0.2, 0.25) is 5.91 Å². The number of hydrogen-bond acceptors (Lipinski definition) is 3. The van der Waals surface area contributed by atoms with Gasteiger partial charge >= 0.3 is 0 Å². The Morgan fingerprint density at radius 2 is 1.69 bits per heavy atom. The summed E-state index contributed by atoms with van der Waals surface area (Å²) in [5.41, 5.74) is 7.19. The zero-order chi connectivity index (χ0) is 18.9. The van der Waals surface area contributed by atoms with Gasteiger partial charge in [0.1, 0.15) is 5.75 Å². The Bertz CT molecular complexity index is 712. The first-order valence-electron chi connectivity index (χ1n) is 8.77. The van der Waals surface area contributed by atoms with Gasteiger partial charge in [-0.2, -0.15) is 0 Å². The molecule has 26 heavy (non-hydrogen) atoms. The van der Waals surface area contributed by atoms with Crippen molar-refractivity contribution >= 4 is 11.8 Å². The Labute approximate surface area is 154 Å². The first kappa shape index (κ1) is 19.5. The molecular weight excluding hydrogens is 328 g/mol. The molecule has 0 bridgehead atoms. The SMILES string of the molecule is CC(C)C(CNC(=O)COc1ccc(CC(N)=O)cc1)c1ccccc1. The molecule has 0 aliphatic heterocycles. The van der Waals surface area contributed by atoms with Crippen LogP contribution in [0.2, 0.25) is 0 Å². The van der Waals surface area contributed by atoms with E-state index in [1.807, 2.05) is 18.2 Å². The van der Waals surface area contributed by atoms with Crippen LogP contribution in [-0.2, 0) is 16.0 Å². The topological polar surface area (TPSA) is 81.4 Å². The van der Waals surface area contributed by atoms with Gasteiger partial charge in [0.25, 0.3) is 5.91 Å². The maximum Gasteiger partial charge on any atom is 0.257 e. The van der Waals surface area contributed by atoms with Crippen LogP contribution in [0.5, 0.6) is 5.75 Å². The Morgan fingerprint density at radius 1 is 1.04 bits per heavy atom. The smallest absolute Gasteiger partial charge is 0.257 e. The van der Waals surface area contributed by atoms with Crippen LogP contribution < -0.4 is 15.8 Å². The van der Waals surface area contributed by atoms with Crippen molar-refractivity contribution < 1.29 is 14.3 Å². The van der Waals surface area contributed by atoms with Crippen molar-refractivity contribution in [2.45, 2.75) is 26.2 Å². The van der Waals surface area contributed by atoms with E-state index >= 15 is 0 Å². The molecule has 0 heterocycles. The van der Waals surface area contributed by atoms with Crippen LogP contribution in [0, 0.1) is 5.92 Å². The molecular formula is C21H26N2O3. The first-order chi connectivity index (χ1) is 12.5. The number of carbonyl (C=O) groups excluding carboxylic acids is 2. The lowest BCUT2D eigenvalue weighted by Crippen LogP contribution is -2.33. The summed E-state index contributed by atoms with van der Waals surface area (Å²) in [6.07, 6.45) is 0.191. The molecule has 0 radical (unpaired) electrons. The van der Waals surface area contributed by atoms with E-state index in [0.717, 1.165) is 5.56 Å². The fourth-order valence-electron chi connectivity index (χ4n) is 2.77. The molecule has 5 heteroatoms. The van der Waals surface area contributed by atoms with Gasteiger partial charge in [0.05, 0.1) is 6.42 Å². The first-order valence-corrected chi connectivity index (χ1v) is 8.77. The minimum Gasteiger partial charge on any atom is -0.484 e. The average molecular weight is 354 g/mol. The Morgan fingerprint density at radius 3 is 2.27 bits per heavy atom. The minimum absolute atomic E-state index is 0.0469. The van der Waals surface area contributed by atoms with Crippen molar-refractivity contribution in [3.63, 3.8) is 0 Å². The van der Waals surface area contributed by atoms with Gasteiger partial charge in [-0.05, 0) is 29.2 Å². The molecule has 1 unspecified atom stereocenters. The normalized spacial score (nSPS) is 11.8. The van der Waals surface area contributed by atoms with E-state index in [2.05, 4.69) is 31.3 Å². The Balaban J connectivity index is 1.81. The third kappa shape index (κ3) is 6.24. The monoisotopic (exact) mass is 354 g/mol. The number of carbonyl (C=O) groups is 2. The lowest BCUT2D eigenvalue weighted by Gasteiger charge is -2.22. The lowest BCUT2D eigenvalue weighted by atomic mass is 9.88. The van der Waals surface area contributed by atoms with E-state index in [-0.39, 0.29) is 30.8 Å². The van der Waals surface area contributed by atoms with Crippen molar-refractivity contribution in [1.82, 2.24) is 5.32 Å². The highest BCUT2D eigenvalue weighted by molar-refractivity contribution is 5.77. The largest absolute Gasteiger partial charge is 0.484 e. The molecule has 5 nitrogen and oxygen atoms in total. The van der Waals surface area contributed by atoms with Crippen LogP contribution in [0.25, 0.3) is 0 Å². The fraction of sp³-hybridized carbons (Fsp3) is 0.333. The molecule has 0 aliphatic rings. The van der Waals surface area contributed by atoms with Crippen molar-refractivity contribution in [3.05, 3.63) is 65.7 Å². The number of ether oxygens (including phenoxy) is 1. The number of nitrogens with one attached hydrogen (secondary N) is 1. The van der Waals surface area contributed by atoms with Crippen LogP contribution in [-0.4, -0.2) is 25.0 Å². The zero-order valence-corrected chi connectivity index (χ0v) is 15.3. The summed E-state index contributed by atoms with van der Waals surface area (Å²) in [6, 6.07) is 17.2. The molecule has 3 N–H and O–H groups in total. The molecule has 2 rings (SSSR count). The predicted octanol–water partition coefficient (Wildman–Crippen LogP) is 2.65. The lowest BCUT2D eigenvalue weighted by molar-refractivity contribution is -0.123. The number of hydrogen-bond donors (Lipinski definition) is 2. The summed E-state index contributed by atoms with van der Waals surface area (Å²) < 4.78 is 5.50. The van der Waals surface area contributed by atoms with E-state index in [1.165, 1.54) is 5.56 Å². The van der Waals surface area contributed by atoms with Crippen LogP contribution in [0.1, 0.15) is 30.9 Å². The van der Waals surface area contributed by atoms with Crippen LogP contribution >= 0.6 is 0 Å². The molecule has 2 amide bonds. The maximum absolute atomic E-state index is 12.1. The third-order valence-electron chi connectivity index (χ3n) is 4.22. The van der Waals surface area contributed by atoms with Crippen molar-refractivity contribution in [2.24, 2.45) is 11.7 Å². The fourth-order valence-corrected chi connectivity index (χ4v) is 2.77. The van der Waals surface area contributed by atoms with Gasteiger partial charge in [-0.25, -0.2) is 0 Å². The molecule has 0 saturated heterocycles. The van der Waals surface area contributed by atoms with E-state index in [9.17, 15) is 9.59 Å². The number of nitrogens with two attached hydrogens (primary N) is 1. The second-order valence-corrected chi connectivity index (χ2v) is 6.64. The van der Waals surface area contributed by atoms with Crippen molar-refractivity contribution in [2.75, 3.05) is 13.2 Å². The predicted molar refractivity (Wildman–Crippen MR) is 102 cm³/mol. The Hall–Kier alpha value is -2.82.